The molecule has 0 saturated carbocycles. The molecule has 0 spiro atoms. The fraction of sp³-hybridized carbons (Fsp3) is 0.333. The number of benzene rings is 2. The zero-order chi connectivity index (χ0) is 15.5. The lowest BCUT2D eigenvalue weighted by Gasteiger charge is -2.26. The van der Waals surface area contributed by atoms with Gasteiger partial charge in [-0.2, -0.15) is 0 Å². The van der Waals surface area contributed by atoms with E-state index < -0.39 is 6.10 Å². The lowest BCUT2D eigenvalue weighted by Crippen LogP contribution is -2.37. The second-order valence-electron chi connectivity index (χ2n) is 5.87. The third kappa shape index (κ3) is 3.61. The molecular weight excluding hydrogens is 298 g/mol. The van der Waals surface area contributed by atoms with Gasteiger partial charge in [0.05, 0.1) is 6.10 Å². The van der Waals surface area contributed by atoms with Crippen LogP contribution in [0.5, 0.6) is 5.75 Å². The largest absolute Gasteiger partial charge is 0.508 e. The van der Waals surface area contributed by atoms with Gasteiger partial charge in [-0.25, -0.2) is 0 Å². The van der Waals surface area contributed by atoms with Gasteiger partial charge in [-0.3, -0.25) is 0 Å². The summed E-state index contributed by atoms with van der Waals surface area (Å²) in [5.74, 6) is 0.320. The minimum absolute atomic E-state index is 0.320. The Morgan fingerprint density at radius 3 is 2.68 bits per heavy atom. The highest BCUT2D eigenvalue weighted by atomic mass is 35.5. The Kier molecular flexibility index (Phi) is 4.67. The predicted octanol–water partition coefficient (Wildman–Crippen LogP) is 3.23. The summed E-state index contributed by atoms with van der Waals surface area (Å²) in [4.78, 5) is 0. The number of phenols is 1. The first-order valence-corrected chi connectivity index (χ1v) is 7.97. The predicted molar refractivity (Wildman–Crippen MR) is 88.3 cm³/mol. The number of aliphatic hydroxyl groups is 1. The molecule has 22 heavy (non-hydrogen) atoms. The molecule has 0 amide bonds. The van der Waals surface area contributed by atoms with E-state index in [1.807, 2.05) is 24.3 Å². The highest BCUT2D eigenvalue weighted by Gasteiger charge is 2.19. The Hall–Kier alpha value is -1.55. The van der Waals surface area contributed by atoms with Gasteiger partial charge in [0.25, 0.3) is 0 Å². The third-order valence-electron chi connectivity index (χ3n) is 4.27. The first kappa shape index (κ1) is 15.3. The molecule has 0 bridgehead atoms. The molecule has 0 aliphatic heterocycles. The quantitative estimate of drug-likeness (QED) is 0.811. The molecule has 3 rings (SSSR count). The van der Waals surface area contributed by atoms with Crippen molar-refractivity contribution in [3.63, 3.8) is 0 Å². The number of aryl methyl sites for hydroxylation is 1. The van der Waals surface area contributed by atoms with E-state index in [9.17, 15) is 10.2 Å². The maximum absolute atomic E-state index is 10.2. The van der Waals surface area contributed by atoms with Crippen LogP contribution in [-0.4, -0.2) is 22.8 Å². The lowest BCUT2D eigenvalue weighted by atomic mass is 9.88. The van der Waals surface area contributed by atoms with Crippen LogP contribution in [0, 0.1) is 0 Å². The SMILES string of the molecule is Oc1ccc2c(c1)CC(NCC(O)c1ccc(Cl)cc1)CC2. The number of aliphatic hydroxyl groups excluding tert-OH is 1. The van der Waals surface area contributed by atoms with Crippen LogP contribution in [0.4, 0.5) is 0 Å². The van der Waals surface area contributed by atoms with Crippen LogP contribution >= 0.6 is 11.6 Å². The minimum Gasteiger partial charge on any atom is -0.508 e. The molecule has 3 N–H and O–H groups in total. The fourth-order valence-electron chi connectivity index (χ4n) is 3.00. The van der Waals surface area contributed by atoms with Crippen LogP contribution in [0.1, 0.15) is 29.2 Å². The fourth-order valence-corrected chi connectivity index (χ4v) is 3.12. The van der Waals surface area contributed by atoms with Crippen molar-refractivity contribution in [1.82, 2.24) is 5.32 Å². The molecule has 1 aliphatic carbocycles. The summed E-state index contributed by atoms with van der Waals surface area (Å²) >= 11 is 5.86. The van der Waals surface area contributed by atoms with Crippen molar-refractivity contribution in [2.24, 2.45) is 0 Å². The number of aromatic hydroxyl groups is 1. The van der Waals surface area contributed by atoms with Crippen molar-refractivity contribution in [1.29, 1.82) is 0 Å². The van der Waals surface area contributed by atoms with Crippen LogP contribution in [0.2, 0.25) is 5.02 Å². The Bertz CT molecular complexity index is 642. The van der Waals surface area contributed by atoms with Gasteiger partial charge in [0.1, 0.15) is 5.75 Å². The third-order valence-corrected chi connectivity index (χ3v) is 4.52. The second-order valence-corrected chi connectivity index (χ2v) is 6.30. The average molecular weight is 318 g/mol. The van der Waals surface area contributed by atoms with Crippen molar-refractivity contribution in [2.75, 3.05) is 6.54 Å². The monoisotopic (exact) mass is 317 g/mol. The molecule has 0 heterocycles. The van der Waals surface area contributed by atoms with Gasteiger partial charge in [0.2, 0.25) is 0 Å². The number of phenolic OH excluding ortho intramolecular Hbond substituents is 1. The summed E-state index contributed by atoms with van der Waals surface area (Å²) in [6.07, 6.45) is 2.40. The zero-order valence-corrected chi connectivity index (χ0v) is 13.1. The van der Waals surface area contributed by atoms with E-state index >= 15 is 0 Å². The van der Waals surface area contributed by atoms with E-state index in [0.29, 0.717) is 23.4 Å². The first-order chi connectivity index (χ1) is 10.6. The van der Waals surface area contributed by atoms with Gasteiger partial charge in [0, 0.05) is 17.6 Å². The van der Waals surface area contributed by atoms with Crippen molar-refractivity contribution in [3.8, 4) is 5.75 Å². The van der Waals surface area contributed by atoms with Crippen molar-refractivity contribution < 1.29 is 10.2 Å². The van der Waals surface area contributed by atoms with Crippen molar-refractivity contribution in [3.05, 3.63) is 64.2 Å². The van der Waals surface area contributed by atoms with Gasteiger partial charge in [-0.05, 0) is 60.2 Å². The molecular formula is C18H20ClNO2. The van der Waals surface area contributed by atoms with Gasteiger partial charge in [-0.1, -0.05) is 29.8 Å². The lowest BCUT2D eigenvalue weighted by molar-refractivity contribution is 0.168. The first-order valence-electron chi connectivity index (χ1n) is 7.59. The van der Waals surface area contributed by atoms with E-state index in [0.717, 1.165) is 24.8 Å². The Balaban J connectivity index is 1.57. The molecule has 0 saturated heterocycles. The summed E-state index contributed by atoms with van der Waals surface area (Å²) in [5, 5.41) is 23.9. The van der Waals surface area contributed by atoms with Crippen LogP contribution in [-0.2, 0) is 12.8 Å². The Morgan fingerprint density at radius 1 is 1.14 bits per heavy atom. The van der Waals surface area contributed by atoms with Gasteiger partial charge >= 0.3 is 0 Å². The number of halogens is 1. The van der Waals surface area contributed by atoms with E-state index in [2.05, 4.69) is 5.32 Å². The minimum atomic E-state index is -0.539. The Morgan fingerprint density at radius 2 is 1.91 bits per heavy atom. The zero-order valence-electron chi connectivity index (χ0n) is 12.3. The molecule has 2 aromatic carbocycles. The van der Waals surface area contributed by atoms with E-state index in [1.165, 1.54) is 11.1 Å². The highest BCUT2D eigenvalue weighted by Crippen LogP contribution is 2.25. The van der Waals surface area contributed by atoms with Crippen molar-refractivity contribution in [2.45, 2.75) is 31.4 Å². The standard InChI is InChI=1S/C18H20ClNO2/c19-15-5-1-13(2-6-15)18(22)11-20-16-7-3-12-4-8-17(21)10-14(12)9-16/h1-2,4-6,8,10,16,18,20-22H,3,7,9,11H2. The molecule has 2 unspecified atom stereocenters. The average Bonchev–Trinajstić information content (AvgIpc) is 2.53. The van der Waals surface area contributed by atoms with Gasteiger partial charge in [0.15, 0.2) is 0 Å². The number of rotatable bonds is 4. The normalized spacial score (nSPS) is 18.7. The summed E-state index contributed by atoms with van der Waals surface area (Å²) in [6.45, 7) is 0.514. The molecule has 2 atom stereocenters. The second kappa shape index (κ2) is 6.69. The van der Waals surface area contributed by atoms with Crippen LogP contribution < -0.4 is 5.32 Å². The molecule has 1 aliphatic rings. The molecule has 0 radical (unpaired) electrons. The van der Waals surface area contributed by atoms with Crippen LogP contribution in [0.25, 0.3) is 0 Å². The molecule has 0 fully saturated rings. The maximum Gasteiger partial charge on any atom is 0.115 e. The molecule has 2 aromatic rings. The number of nitrogens with one attached hydrogen (secondary N) is 1. The summed E-state index contributed by atoms with van der Waals surface area (Å²) in [6, 6.07) is 13.2. The molecule has 116 valence electrons. The number of hydrogen-bond donors (Lipinski definition) is 3. The van der Waals surface area contributed by atoms with E-state index in [4.69, 9.17) is 11.6 Å². The highest BCUT2D eigenvalue weighted by molar-refractivity contribution is 6.30. The number of fused-ring (bicyclic) bond motifs is 1. The molecule has 3 nitrogen and oxygen atoms in total. The Labute approximate surface area is 135 Å². The summed E-state index contributed by atoms with van der Waals surface area (Å²) < 4.78 is 0. The summed E-state index contributed by atoms with van der Waals surface area (Å²) in [7, 11) is 0. The van der Waals surface area contributed by atoms with Crippen LogP contribution in [0.15, 0.2) is 42.5 Å². The molecule has 0 aromatic heterocycles. The van der Waals surface area contributed by atoms with Crippen LogP contribution in [0.3, 0.4) is 0 Å². The maximum atomic E-state index is 10.2. The van der Waals surface area contributed by atoms with E-state index in [-0.39, 0.29) is 0 Å². The smallest absolute Gasteiger partial charge is 0.115 e. The number of hydrogen-bond acceptors (Lipinski definition) is 3. The molecule has 4 heteroatoms. The topological polar surface area (TPSA) is 52.5 Å². The summed E-state index contributed by atoms with van der Waals surface area (Å²) in [5.41, 5.74) is 3.38. The van der Waals surface area contributed by atoms with Gasteiger partial charge in [-0.15, -0.1) is 0 Å². The van der Waals surface area contributed by atoms with Crippen molar-refractivity contribution >= 4 is 11.6 Å². The van der Waals surface area contributed by atoms with E-state index in [1.54, 1.807) is 18.2 Å². The van der Waals surface area contributed by atoms with Gasteiger partial charge < -0.3 is 15.5 Å².